The average molecular weight is 276 g/mol. The molecule has 3 nitrogen and oxygen atoms in total. The fraction of sp³-hybridized carbons (Fsp3) is 0.467. The van der Waals surface area contributed by atoms with Crippen LogP contribution in [0, 0.1) is 13.8 Å². The smallest absolute Gasteiger partial charge is 0.283 e. The Bertz CT molecular complexity index is 493. The molecule has 1 fully saturated rings. The summed E-state index contributed by atoms with van der Waals surface area (Å²) in [5, 5.41) is 2.93. The summed E-state index contributed by atoms with van der Waals surface area (Å²) >= 11 is 5.29. The number of benzene rings is 1. The standard InChI is InChI=1S/C15H20N2OS/c1-11-7-6-8-13(12(11)2)16-14(18)15(19)17-9-4-3-5-10-17/h6-8H,3-5,9-10H2,1-2H3,(H,16,18). The summed E-state index contributed by atoms with van der Waals surface area (Å²) < 4.78 is 0. The van der Waals surface area contributed by atoms with E-state index in [1.807, 2.05) is 36.9 Å². The molecule has 102 valence electrons. The topological polar surface area (TPSA) is 32.3 Å². The second-order valence-electron chi connectivity index (χ2n) is 5.05. The van der Waals surface area contributed by atoms with Crippen LogP contribution < -0.4 is 5.32 Å². The summed E-state index contributed by atoms with van der Waals surface area (Å²) in [7, 11) is 0. The van der Waals surface area contributed by atoms with Crippen LogP contribution in [0.25, 0.3) is 0 Å². The maximum atomic E-state index is 12.2. The Labute approximate surface area is 120 Å². The number of hydrogen-bond acceptors (Lipinski definition) is 2. The van der Waals surface area contributed by atoms with Gasteiger partial charge in [0.1, 0.15) is 0 Å². The summed E-state index contributed by atoms with van der Waals surface area (Å²) in [6.07, 6.45) is 3.48. The minimum Gasteiger partial charge on any atom is -0.358 e. The molecule has 0 bridgehead atoms. The van der Waals surface area contributed by atoms with Crippen molar-refractivity contribution in [3.8, 4) is 0 Å². The van der Waals surface area contributed by atoms with E-state index in [0.29, 0.717) is 4.99 Å². The van der Waals surface area contributed by atoms with Crippen LogP contribution in [0.1, 0.15) is 30.4 Å². The van der Waals surface area contributed by atoms with E-state index in [2.05, 4.69) is 5.32 Å². The molecule has 0 aliphatic carbocycles. The summed E-state index contributed by atoms with van der Waals surface area (Å²) in [6, 6.07) is 5.90. The quantitative estimate of drug-likeness (QED) is 0.800. The van der Waals surface area contributed by atoms with Gasteiger partial charge in [0, 0.05) is 18.8 Å². The number of likely N-dealkylation sites (tertiary alicyclic amines) is 1. The molecule has 1 N–H and O–H groups in total. The number of nitrogens with one attached hydrogen (secondary N) is 1. The molecule has 4 heteroatoms. The van der Waals surface area contributed by atoms with Crippen molar-refractivity contribution in [2.75, 3.05) is 18.4 Å². The number of piperidine rings is 1. The van der Waals surface area contributed by atoms with Crippen LogP contribution >= 0.6 is 12.2 Å². The lowest BCUT2D eigenvalue weighted by Crippen LogP contribution is -2.41. The normalized spacial score (nSPS) is 15.2. The van der Waals surface area contributed by atoms with Crippen LogP contribution in [0.4, 0.5) is 5.69 Å². The van der Waals surface area contributed by atoms with Gasteiger partial charge in [0.2, 0.25) is 0 Å². The number of anilines is 1. The van der Waals surface area contributed by atoms with E-state index in [1.165, 1.54) is 12.0 Å². The lowest BCUT2D eigenvalue weighted by Gasteiger charge is -2.28. The van der Waals surface area contributed by atoms with Gasteiger partial charge in [-0.3, -0.25) is 4.79 Å². The Kier molecular flexibility index (Phi) is 4.53. The molecule has 1 aromatic rings. The summed E-state index contributed by atoms with van der Waals surface area (Å²) in [4.78, 5) is 14.6. The lowest BCUT2D eigenvalue weighted by molar-refractivity contribution is -0.110. The molecular weight excluding hydrogens is 256 g/mol. The highest BCUT2D eigenvalue weighted by Gasteiger charge is 2.19. The van der Waals surface area contributed by atoms with Gasteiger partial charge in [-0.05, 0) is 50.3 Å². The fourth-order valence-electron chi connectivity index (χ4n) is 2.30. The summed E-state index contributed by atoms with van der Waals surface area (Å²) in [5.74, 6) is -0.161. The van der Waals surface area contributed by atoms with Crippen molar-refractivity contribution in [2.24, 2.45) is 0 Å². The molecular formula is C15H20N2OS. The van der Waals surface area contributed by atoms with Crippen LogP contribution in [0.2, 0.25) is 0 Å². The Morgan fingerprint density at radius 3 is 2.58 bits per heavy atom. The fourth-order valence-corrected chi connectivity index (χ4v) is 2.54. The van der Waals surface area contributed by atoms with Gasteiger partial charge in [-0.25, -0.2) is 0 Å². The lowest BCUT2D eigenvalue weighted by atomic mass is 10.1. The van der Waals surface area contributed by atoms with Gasteiger partial charge in [0.15, 0.2) is 4.99 Å². The van der Waals surface area contributed by atoms with Crippen molar-refractivity contribution < 1.29 is 4.79 Å². The Balaban J connectivity index is 2.04. The van der Waals surface area contributed by atoms with Gasteiger partial charge in [-0.1, -0.05) is 24.4 Å². The molecule has 1 heterocycles. The Morgan fingerprint density at radius 2 is 1.89 bits per heavy atom. The van der Waals surface area contributed by atoms with Gasteiger partial charge < -0.3 is 10.2 Å². The highest BCUT2D eigenvalue weighted by Crippen LogP contribution is 2.18. The van der Waals surface area contributed by atoms with Crippen molar-refractivity contribution in [2.45, 2.75) is 33.1 Å². The minimum absolute atomic E-state index is 0.161. The predicted molar refractivity (Wildman–Crippen MR) is 82.6 cm³/mol. The van der Waals surface area contributed by atoms with Crippen molar-refractivity contribution in [1.82, 2.24) is 4.90 Å². The van der Waals surface area contributed by atoms with Gasteiger partial charge in [0.25, 0.3) is 5.91 Å². The first-order chi connectivity index (χ1) is 9.09. The van der Waals surface area contributed by atoms with Crippen molar-refractivity contribution in [3.05, 3.63) is 29.3 Å². The molecule has 1 aliphatic rings. The largest absolute Gasteiger partial charge is 0.358 e. The molecule has 1 saturated heterocycles. The zero-order valence-corrected chi connectivity index (χ0v) is 12.3. The molecule has 0 spiro atoms. The van der Waals surface area contributed by atoms with E-state index >= 15 is 0 Å². The van der Waals surface area contributed by atoms with E-state index in [9.17, 15) is 4.79 Å². The molecule has 1 aromatic carbocycles. The number of rotatable bonds is 1. The third-order valence-corrected chi connectivity index (χ3v) is 4.13. The SMILES string of the molecule is Cc1cccc(NC(=O)C(=S)N2CCCCC2)c1C. The third kappa shape index (κ3) is 3.32. The number of nitrogens with zero attached hydrogens (tertiary/aromatic N) is 1. The van der Waals surface area contributed by atoms with Crippen molar-refractivity contribution in [1.29, 1.82) is 0 Å². The summed E-state index contributed by atoms with van der Waals surface area (Å²) in [5.41, 5.74) is 3.11. The molecule has 1 aliphatic heterocycles. The van der Waals surface area contributed by atoms with Crippen LogP contribution in [-0.2, 0) is 4.79 Å². The highest BCUT2D eigenvalue weighted by molar-refractivity contribution is 7.82. The van der Waals surface area contributed by atoms with Crippen molar-refractivity contribution in [3.63, 3.8) is 0 Å². The first kappa shape index (κ1) is 14.0. The number of thiocarbonyl (C=S) groups is 1. The first-order valence-corrected chi connectivity index (χ1v) is 7.17. The minimum atomic E-state index is -0.161. The molecule has 0 radical (unpaired) electrons. The highest BCUT2D eigenvalue weighted by atomic mass is 32.1. The Morgan fingerprint density at radius 1 is 1.21 bits per heavy atom. The monoisotopic (exact) mass is 276 g/mol. The maximum absolute atomic E-state index is 12.2. The van der Waals surface area contributed by atoms with E-state index in [-0.39, 0.29) is 5.91 Å². The van der Waals surface area contributed by atoms with Crippen LogP contribution in [0.15, 0.2) is 18.2 Å². The number of carbonyl (C=O) groups excluding carboxylic acids is 1. The van der Waals surface area contributed by atoms with Crippen LogP contribution in [0.5, 0.6) is 0 Å². The first-order valence-electron chi connectivity index (χ1n) is 6.76. The Hall–Kier alpha value is -1.42. The predicted octanol–water partition coefficient (Wildman–Crippen LogP) is 3.06. The summed E-state index contributed by atoms with van der Waals surface area (Å²) in [6.45, 7) is 5.85. The number of carbonyl (C=O) groups is 1. The molecule has 0 atom stereocenters. The molecule has 19 heavy (non-hydrogen) atoms. The van der Waals surface area contributed by atoms with Gasteiger partial charge in [0.05, 0.1) is 0 Å². The zero-order valence-electron chi connectivity index (χ0n) is 11.5. The zero-order chi connectivity index (χ0) is 13.8. The molecule has 0 unspecified atom stereocenters. The van der Waals surface area contributed by atoms with Crippen LogP contribution in [0.3, 0.4) is 0 Å². The van der Waals surface area contributed by atoms with E-state index in [0.717, 1.165) is 37.2 Å². The molecule has 1 amide bonds. The van der Waals surface area contributed by atoms with E-state index in [1.54, 1.807) is 0 Å². The second-order valence-corrected chi connectivity index (χ2v) is 5.44. The second kappa shape index (κ2) is 6.15. The molecule has 0 aromatic heterocycles. The van der Waals surface area contributed by atoms with Crippen molar-refractivity contribution >= 4 is 28.8 Å². The number of amides is 1. The number of hydrogen-bond donors (Lipinski definition) is 1. The van der Waals surface area contributed by atoms with E-state index < -0.39 is 0 Å². The van der Waals surface area contributed by atoms with E-state index in [4.69, 9.17) is 12.2 Å². The molecule has 0 saturated carbocycles. The average Bonchev–Trinajstić information content (AvgIpc) is 2.44. The van der Waals surface area contributed by atoms with Gasteiger partial charge in [-0.2, -0.15) is 0 Å². The maximum Gasteiger partial charge on any atom is 0.283 e. The van der Waals surface area contributed by atoms with Gasteiger partial charge >= 0.3 is 0 Å². The van der Waals surface area contributed by atoms with Gasteiger partial charge in [-0.15, -0.1) is 0 Å². The number of aryl methyl sites for hydroxylation is 1. The molecule has 2 rings (SSSR count). The van der Waals surface area contributed by atoms with Crippen LogP contribution in [-0.4, -0.2) is 28.9 Å². The third-order valence-electron chi connectivity index (χ3n) is 3.69.